The van der Waals surface area contributed by atoms with Crippen molar-refractivity contribution >= 4 is 44.1 Å². The number of carbonyl (C=O) groups excluding carboxylic acids is 4. The van der Waals surface area contributed by atoms with Crippen LogP contribution < -0.4 is 9.33 Å². The summed E-state index contributed by atoms with van der Waals surface area (Å²) in [6.45, 7) is 21.5. The summed E-state index contributed by atoms with van der Waals surface area (Å²) in [6, 6.07) is 3.40. The van der Waals surface area contributed by atoms with Gasteiger partial charge < -0.3 is 23.4 Å². The van der Waals surface area contributed by atoms with Gasteiger partial charge in [-0.2, -0.15) is 0 Å². The third-order valence-corrected chi connectivity index (χ3v) is 12.4. The molecule has 242 valence electrons. The fourth-order valence-corrected chi connectivity index (χ4v) is 5.36. The van der Waals surface area contributed by atoms with Gasteiger partial charge in [0.25, 0.3) is 8.32 Å². The summed E-state index contributed by atoms with van der Waals surface area (Å²) in [5, 5.41) is -0.201. The highest BCUT2D eigenvalue weighted by molar-refractivity contribution is 6.74. The number of anilines is 1. The second kappa shape index (κ2) is 13.2. The average molecular weight is 630 g/mol. The van der Waals surface area contributed by atoms with Crippen molar-refractivity contribution in [3.05, 3.63) is 41.5 Å². The van der Waals surface area contributed by atoms with E-state index in [1.54, 1.807) is 58.1 Å². The highest BCUT2D eigenvalue weighted by Gasteiger charge is 2.42. The molecule has 2 aliphatic rings. The van der Waals surface area contributed by atoms with E-state index in [1.165, 1.54) is 11.0 Å². The van der Waals surface area contributed by atoms with Gasteiger partial charge in [-0.3, -0.25) is 9.69 Å². The molecule has 0 spiro atoms. The molecule has 0 bridgehead atoms. The Bertz CT molecular complexity index is 1340. The lowest BCUT2D eigenvalue weighted by atomic mass is 9.99. The van der Waals surface area contributed by atoms with Crippen LogP contribution in [-0.4, -0.2) is 62.8 Å². The van der Waals surface area contributed by atoms with E-state index in [-0.39, 0.29) is 22.9 Å². The first-order valence-electron chi connectivity index (χ1n) is 15.1. The van der Waals surface area contributed by atoms with Crippen LogP contribution in [0, 0.1) is 5.92 Å². The normalized spacial score (nSPS) is 23.0. The fourth-order valence-electron chi connectivity index (χ4n) is 4.34. The van der Waals surface area contributed by atoms with Gasteiger partial charge in [0.05, 0.1) is 5.69 Å². The number of ether oxygens (including phenoxy) is 4. The summed E-state index contributed by atoms with van der Waals surface area (Å²) in [5.41, 5.74) is 0.394. The van der Waals surface area contributed by atoms with E-state index in [1.807, 2.05) is 13.8 Å². The highest BCUT2D eigenvalue weighted by Crippen LogP contribution is 2.41. The molecule has 2 heterocycles. The van der Waals surface area contributed by atoms with Gasteiger partial charge >= 0.3 is 18.2 Å². The largest absolute Gasteiger partial charge is 0.543 e. The maximum atomic E-state index is 13.9. The van der Waals surface area contributed by atoms with E-state index in [2.05, 4.69) is 33.9 Å². The van der Waals surface area contributed by atoms with Crippen molar-refractivity contribution < 1.29 is 42.6 Å². The van der Waals surface area contributed by atoms with E-state index in [0.717, 1.165) is 0 Å². The standard InChI is InChI=1S/C33H47NO9Si/c1-12-34(30(37)42-32(4,5)6)23-18-22-14-13-15-25-28(41-31(38)40-25)24(35)17-16-20(2)21(3)39-29(36)27(22)26(19-23)43-44(10,11)33(7,8)9/h13-14,16-21,25,28H,12,15H2,1-11H3/t20-,21+,25+,28-/m1/s1. The maximum Gasteiger partial charge on any atom is 0.509 e. The van der Waals surface area contributed by atoms with Gasteiger partial charge in [-0.05, 0) is 70.5 Å². The summed E-state index contributed by atoms with van der Waals surface area (Å²) in [7, 11) is -2.50. The van der Waals surface area contributed by atoms with Crippen molar-refractivity contribution in [3.8, 4) is 5.75 Å². The predicted molar refractivity (Wildman–Crippen MR) is 171 cm³/mol. The molecule has 1 fully saturated rings. The molecule has 0 aromatic heterocycles. The van der Waals surface area contributed by atoms with Crippen LogP contribution in [0.3, 0.4) is 0 Å². The third kappa shape index (κ3) is 8.31. The van der Waals surface area contributed by atoms with Crippen molar-refractivity contribution in [2.75, 3.05) is 11.4 Å². The molecule has 0 unspecified atom stereocenters. The van der Waals surface area contributed by atoms with Crippen LogP contribution in [0.1, 0.15) is 84.7 Å². The lowest BCUT2D eigenvalue weighted by Gasteiger charge is -2.37. The first kappa shape index (κ1) is 34.9. The Hall–Kier alpha value is -3.60. The number of carbonyl (C=O) groups is 4. The molecule has 10 nitrogen and oxygen atoms in total. The Labute approximate surface area is 261 Å². The van der Waals surface area contributed by atoms with Crippen LogP contribution in [0.2, 0.25) is 18.1 Å². The number of fused-ring (bicyclic) bond motifs is 2. The SMILES string of the molecule is CCN(C(=O)OC(C)(C)C)c1cc2c(c(O[Si](C)(C)C(C)(C)C)c1)C(=O)O[C@@H](C)[C@H](C)C=CC(=O)[C@H]1OC(=O)O[C@H]1CC=C2. The molecule has 3 rings (SSSR count). The summed E-state index contributed by atoms with van der Waals surface area (Å²) in [6.07, 6.45) is 2.48. The van der Waals surface area contributed by atoms with Gasteiger partial charge in [-0.1, -0.05) is 45.9 Å². The second-order valence-electron chi connectivity index (χ2n) is 13.8. The number of benzene rings is 1. The second-order valence-corrected chi connectivity index (χ2v) is 18.5. The molecule has 0 N–H and O–H groups in total. The van der Waals surface area contributed by atoms with E-state index < -0.39 is 56.2 Å². The number of cyclic esters (lactones) is 1. The summed E-state index contributed by atoms with van der Waals surface area (Å²) in [5.74, 6) is -1.06. The van der Waals surface area contributed by atoms with Crippen molar-refractivity contribution in [1.29, 1.82) is 0 Å². The molecule has 1 aromatic rings. The van der Waals surface area contributed by atoms with Crippen LogP contribution in [0.15, 0.2) is 30.4 Å². The Morgan fingerprint density at radius 2 is 1.66 bits per heavy atom. The number of amides is 1. The summed E-state index contributed by atoms with van der Waals surface area (Å²) < 4.78 is 28.8. The molecule has 1 aromatic carbocycles. The van der Waals surface area contributed by atoms with E-state index in [9.17, 15) is 19.2 Å². The zero-order valence-electron chi connectivity index (χ0n) is 27.8. The van der Waals surface area contributed by atoms with Crippen molar-refractivity contribution in [3.63, 3.8) is 0 Å². The highest BCUT2D eigenvalue weighted by atomic mass is 28.4. The topological polar surface area (TPSA) is 118 Å². The third-order valence-electron chi connectivity index (χ3n) is 8.09. The average Bonchev–Trinajstić information content (AvgIpc) is 3.25. The van der Waals surface area contributed by atoms with Gasteiger partial charge in [0.15, 0.2) is 11.9 Å². The molecule has 1 amide bonds. The molecule has 0 radical (unpaired) electrons. The van der Waals surface area contributed by atoms with E-state index in [0.29, 0.717) is 23.5 Å². The Kier molecular flexibility index (Phi) is 10.4. The molecule has 11 heteroatoms. The van der Waals surface area contributed by atoms with E-state index in [4.69, 9.17) is 23.4 Å². The van der Waals surface area contributed by atoms with Crippen LogP contribution in [0.4, 0.5) is 15.3 Å². The van der Waals surface area contributed by atoms with Crippen LogP contribution in [-0.2, 0) is 23.7 Å². The minimum atomic E-state index is -2.50. The quantitative estimate of drug-likeness (QED) is 0.190. The van der Waals surface area contributed by atoms with Gasteiger partial charge in [-0.25, -0.2) is 14.4 Å². The van der Waals surface area contributed by atoms with Crippen molar-refractivity contribution in [2.45, 2.75) is 111 Å². The zero-order chi connectivity index (χ0) is 33.2. The molecule has 0 saturated carbocycles. The van der Waals surface area contributed by atoms with Gasteiger partial charge in [0, 0.05) is 24.9 Å². The first-order chi connectivity index (χ1) is 20.2. The molecule has 44 heavy (non-hydrogen) atoms. The summed E-state index contributed by atoms with van der Waals surface area (Å²) >= 11 is 0. The number of nitrogens with zero attached hydrogens (tertiary/aromatic N) is 1. The molecule has 0 aliphatic carbocycles. The predicted octanol–water partition coefficient (Wildman–Crippen LogP) is 7.46. The van der Waals surface area contributed by atoms with Crippen molar-refractivity contribution in [1.82, 2.24) is 0 Å². The molecule has 4 atom stereocenters. The Balaban J connectivity index is 2.26. The minimum absolute atomic E-state index is 0.142. The molecule has 2 aliphatic heterocycles. The lowest BCUT2D eigenvalue weighted by Crippen LogP contribution is -2.44. The zero-order valence-corrected chi connectivity index (χ0v) is 28.8. The monoisotopic (exact) mass is 629 g/mol. The number of rotatable bonds is 4. The number of esters is 1. The fraction of sp³-hybridized carbons (Fsp3) is 0.576. The number of ketones is 1. The van der Waals surface area contributed by atoms with Crippen LogP contribution in [0.25, 0.3) is 6.08 Å². The number of hydrogen-bond acceptors (Lipinski definition) is 9. The molecule has 1 saturated heterocycles. The van der Waals surface area contributed by atoms with Crippen molar-refractivity contribution in [2.24, 2.45) is 5.92 Å². The Morgan fingerprint density at radius 1 is 1.00 bits per heavy atom. The van der Waals surface area contributed by atoms with Gasteiger partial charge in [0.2, 0.25) is 6.10 Å². The smallest absolute Gasteiger partial charge is 0.509 e. The van der Waals surface area contributed by atoms with Gasteiger partial charge in [0.1, 0.15) is 23.0 Å². The number of hydrogen-bond donors (Lipinski definition) is 0. The summed E-state index contributed by atoms with van der Waals surface area (Å²) in [4.78, 5) is 53.5. The van der Waals surface area contributed by atoms with E-state index >= 15 is 0 Å². The molecular formula is C33H47NO9Si. The van der Waals surface area contributed by atoms with Gasteiger partial charge in [-0.15, -0.1) is 0 Å². The Morgan fingerprint density at radius 3 is 2.25 bits per heavy atom. The first-order valence-corrected chi connectivity index (χ1v) is 18.0. The lowest BCUT2D eigenvalue weighted by molar-refractivity contribution is -0.122. The van der Waals surface area contributed by atoms with Crippen LogP contribution in [0.5, 0.6) is 5.75 Å². The molecular weight excluding hydrogens is 582 g/mol. The minimum Gasteiger partial charge on any atom is -0.543 e. The maximum absolute atomic E-state index is 13.9. The van der Waals surface area contributed by atoms with Crippen LogP contribution >= 0.6 is 0 Å².